The number of benzene rings is 4. The van der Waals surface area contributed by atoms with Crippen molar-refractivity contribution < 1.29 is 9.53 Å². The number of ether oxygens (including phenoxy) is 1. The molecule has 0 heterocycles. The van der Waals surface area contributed by atoms with E-state index in [1.165, 1.54) is 0 Å². The van der Waals surface area contributed by atoms with E-state index in [-0.39, 0.29) is 5.91 Å². The second-order valence-corrected chi connectivity index (χ2v) is 8.11. The third-order valence-electron chi connectivity index (χ3n) is 4.72. The van der Waals surface area contributed by atoms with E-state index < -0.39 is 0 Å². The molecule has 1 amide bonds. The highest BCUT2D eigenvalue weighted by molar-refractivity contribution is 9.10. The van der Waals surface area contributed by atoms with Crippen LogP contribution in [-0.2, 0) is 6.61 Å². The molecule has 31 heavy (non-hydrogen) atoms. The molecular weight excluding hydrogens is 476 g/mol. The summed E-state index contributed by atoms with van der Waals surface area (Å²) < 4.78 is 6.90. The Kier molecular flexibility index (Phi) is 6.65. The molecule has 0 aromatic heterocycles. The monoisotopic (exact) mass is 492 g/mol. The zero-order chi connectivity index (χ0) is 21.6. The zero-order valence-electron chi connectivity index (χ0n) is 16.4. The Morgan fingerprint density at radius 3 is 2.65 bits per heavy atom. The fraction of sp³-hybridized carbons (Fsp3) is 0.0400. The maximum Gasteiger partial charge on any atom is 0.271 e. The first-order valence-electron chi connectivity index (χ1n) is 9.59. The van der Waals surface area contributed by atoms with Crippen LogP contribution < -0.4 is 10.2 Å². The molecular formula is C25H18BrClN2O2. The minimum Gasteiger partial charge on any atom is -0.488 e. The molecule has 0 fully saturated rings. The van der Waals surface area contributed by atoms with Gasteiger partial charge in [0.25, 0.3) is 5.91 Å². The lowest BCUT2D eigenvalue weighted by atomic mass is 10.0. The van der Waals surface area contributed by atoms with Gasteiger partial charge in [0.1, 0.15) is 12.4 Å². The highest BCUT2D eigenvalue weighted by Gasteiger charge is 2.10. The molecule has 0 atom stereocenters. The van der Waals surface area contributed by atoms with Gasteiger partial charge >= 0.3 is 0 Å². The number of fused-ring (bicyclic) bond motifs is 1. The molecule has 0 spiro atoms. The Hall–Kier alpha value is -3.15. The molecule has 4 nitrogen and oxygen atoms in total. The van der Waals surface area contributed by atoms with Crippen LogP contribution in [0.2, 0.25) is 5.02 Å². The van der Waals surface area contributed by atoms with Gasteiger partial charge in [-0.1, -0.05) is 82.1 Å². The molecule has 0 aliphatic rings. The van der Waals surface area contributed by atoms with E-state index in [4.69, 9.17) is 16.3 Å². The van der Waals surface area contributed by atoms with Crippen molar-refractivity contribution in [3.05, 3.63) is 111 Å². The summed E-state index contributed by atoms with van der Waals surface area (Å²) >= 11 is 9.63. The number of carbonyl (C=O) groups is 1. The summed E-state index contributed by atoms with van der Waals surface area (Å²) in [7, 11) is 0. The molecule has 0 aliphatic carbocycles. The smallest absolute Gasteiger partial charge is 0.271 e. The normalized spacial score (nSPS) is 11.0. The average Bonchev–Trinajstić information content (AvgIpc) is 2.79. The molecule has 0 radical (unpaired) electrons. The van der Waals surface area contributed by atoms with Crippen LogP contribution in [0.5, 0.6) is 5.75 Å². The first-order valence-corrected chi connectivity index (χ1v) is 10.8. The van der Waals surface area contributed by atoms with Gasteiger partial charge in [-0.05, 0) is 41.1 Å². The van der Waals surface area contributed by atoms with Crippen molar-refractivity contribution in [2.75, 3.05) is 0 Å². The Morgan fingerprint density at radius 2 is 1.81 bits per heavy atom. The predicted octanol–water partition coefficient (Wildman–Crippen LogP) is 6.60. The number of nitrogens with one attached hydrogen (secondary N) is 1. The zero-order valence-corrected chi connectivity index (χ0v) is 18.7. The first kappa shape index (κ1) is 21.1. The van der Waals surface area contributed by atoms with Crippen LogP contribution in [0.4, 0.5) is 0 Å². The molecule has 154 valence electrons. The lowest BCUT2D eigenvalue weighted by molar-refractivity contribution is 0.0955. The van der Waals surface area contributed by atoms with Gasteiger partial charge < -0.3 is 4.74 Å². The number of nitrogens with zero attached hydrogens (tertiary/aromatic N) is 1. The van der Waals surface area contributed by atoms with E-state index in [2.05, 4.69) is 26.5 Å². The number of halogens is 2. The van der Waals surface area contributed by atoms with Crippen molar-refractivity contribution in [1.29, 1.82) is 0 Å². The number of hydrazone groups is 1. The van der Waals surface area contributed by atoms with Gasteiger partial charge in [-0.2, -0.15) is 5.10 Å². The van der Waals surface area contributed by atoms with E-state index in [1.807, 2.05) is 66.7 Å². The highest BCUT2D eigenvalue weighted by atomic mass is 79.9. The molecule has 0 bridgehead atoms. The number of rotatable bonds is 6. The summed E-state index contributed by atoms with van der Waals surface area (Å²) in [6.45, 7) is 0.323. The molecule has 0 saturated heterocycles. The lowest BCUT2D eigenvalue weighted by Gasteiger charge is -2.12. The maximum atomic E-state index is 12.4. The van der Waals surface area contributed by atoms with E-state index in [0.29, 0.717) is 22.9 Å². The van der Waals surface area contributed by atoms with Crippen LogP contribution in [0.1, 0.15) is 21.5 Å². The summed E-state index contributed by atoms with van der Waals surface area (Å²) in [5.74, 6) is 0.357. The van der Waals surface area contributed by atoms with Crippen LogP contribution in [0.3, 0.4) is 0 Å². The number of hydrogen-bond donors (Lipinski definition) is 1. The topological polar surface area (TPSA) is 50.7 Å². The largest absolute Gasteiger partial charge is 0.488 e. The van der Waals surface area contributed by atoms with E-state index in [9.17, 15) is 4.79 Å². The Bertz CT molecular complexity index is 1270. The lowest BCUT2D eigenvalue weighted by Crippen LogP contribution is -2.17. The predicted molar refractivity (Wildman–Crippen MR) is 129 cm³/mol. The van der Waals surface area contributed by atoms with Crippen molar-refractivity contribution in [1.82, 2.24) is 5.43 Å². The third-order valence-corrected chi connectivity index (χ3v) is 5.58. The maximum absolute atomic E-state index is 12.4. The van der Waals surface area contributed by atoms with Gasteiger partial charge in [0.05, 0.1) is 6.21 Å². The highest BCUT2D eigenvalue weighted by Crippen LogP contribution is 2.28. The molecule has 0 unspecified atom stereocenters. The van der Waals surface area contributed by atoms with Crippen molar-refractivity contribution in [2.45, 2.75) is 6.61 Å². The Morgan fingerprint density at radius 1 is 1.00 bits per heavy atom. The number of carbonyl (C=O) groups excluding carboxylic acids is 1. The van der Waals surface area contributed by atoms with Crippen molar-refractivity contribution in [3.8, 4) is 5.75 Å². The Balaban J connectivity index is 1.60. The second-order valence-electron chi connectivity index (χ2n) is 6.79. The standard InChI is InChI=1S/C25H18BrClN2O2/c26-20-9-5-8-18(14-20)25(30)29-28-15-22-21-10-3-1-6-17(21)12-13-24(22)31-16-19-7-2-4-11-23(19)27/h1-15H,16H2,(H,29,30)/b28-15-. The van der Waals surface area contributed by atoms with Gasteiger partial charge in [-0.25, -0.2) is 5.43 Å². The fourth-order valence-electron chi connectivity index (χ4n) is 3.16. The molecule has 1 N–H and O–H groups in total. The summed E-state index contributed by atoms with van der Waals surface area (Å²) in [5.41, 5.74) is 4.77. The van der Waals surface area contributed by atoms with Crippen molar-refractivity contribution >= 4 is 50.4 Å². The van der Waals surface area contributed by atoms with Crippen molar-refractivity contribution in [2.24, 2.45) is 5.10 Å². The van der Waals surface area contributed by atoms with E-state index in [0.717, 1.165) is 26.4 Å². The number of hydrogen-bond acceptors (Lipinski definition) is 3. The quantitative estimate of drug-likeness (QED) is 0.243. The van der Waals surface area contributed by atoms with Gasteiger partial charge in [-0.15, -0.1) is 0 Å². The third kappa shape index (κ3) is 5.13. The summed E-state index contributed by atoms with van der Waals surface area (Å²) in [6, 6.07) is 26.5. The average molecular weight is 494 g/mol. The molecule has 4 aromatic carbocycles. The molecule has 0 aliphatic heterocycles. The minimum atomic E-state index is -0.295. The second kappa shape index (κ2) is 9.77. The minimum absolute atomic E-state index is 0.295. The van der Waals surface area contributed by atoms with Crippen LogP contribution in [0.15, 0.2) is 94.5 Å². The van der Waals surface area contributed by atoms with Gasteiger partial charge in [0, 0.05) is 26.2 Å². The van der Waals surface area contributed by atoms with Crippen LogP contribution in [-0.4, -0.2) is 12.1 Å². The molecule has 4 rings (SSSR count). The summed E-state index contributed by atoms with van der Waals surface area (Å²) in [6.07, 6.45) is 1.61. The van der Waals surface area contributed by atoms with Gasteiger partial charge in [0.2, 0.25) is 0 Å². The Labute approximate surface area is 193 Å². The fourth-order valence-corrected chi connectivity index (χ4v) is 3.74. The summed E-state index contributed by atoms with van der Waals surface area (Å²) in [5, 5.41) is 6.86. The van der Waals surface area contributed by atoms with E-state index >= 15 is 0 Å². The van der Waals surface area contributed by atoms with E-state index in [1.54, 1.807) is 24.4 Å². The van der Waals surface area contributed by atoms with Crippen LogP contribution in [0.25, 0.3) is 10.8 Å². The number of amides is 1. The molecule has 4 aromatic rings. The molecule has 6 heteroatoms. The van der Waals surface area contributed by atoms with Crippen LogP contribution >= 0.6 is 27.5 Å². The van der Waals surface area contributed by atoms with Gasteiger partial charge in [-0.3, -0.25) is 4.79 Å². The van der Waals surface area contributed by atoms with Crippen molar-refractivity contribution in [3.63, 3.8) is 0 Å². The molecule has 0 saturated carbocycles. The van der Waals surface area contributed by atoms with Gasteiger partial charge in [0.15, 0.2) is 0 Å². The first-order chi connectivity index (χ1) is 15.1. The summed E-state index contributed by atoms with van der Waals surface area (Å²) in [4.78, 5) is 12.4. The SMILES string of the molecule is O=C(N/N=C\c1c(OCc2ccccc2Cl)ccc2ccccc12)c1cccc(Br)c1. The van der Waals surface area contributed by atoms with Crippen LogP contribution in [0, 0.1) is 0 Å².